The summed E-state index contributed by atoms with van der Waals surface area (Å²) in [5.74, 6) is -0.789. The molecule has 0 radical (unpaired) electrons. The summed E-state index contributed by atoms with van der Waals surface area (Å²) in [6.07, 6.45) is -4.86. The van der Waals surface area contributed by atoms with Crippen molar-refractivity contribution in [3.63, 3.8) is 0 Å². The molecule has 0 unspecified atom stereocenters. The minimum Gasteiger partial charge on any atom is -0.355 e. The van der Waals surface area contributed by atoms with E-state index in [1.165, 1.54) is 6.92 Å². The third-order valence-corrected chi connectivity index (χ3v) is 4.88. The molecule has 2 amide bonds. The van der Waals surface area contributed by atoms with Crippen LogP contribution in [0.15, 0.2) is 27.5 Å². The van der Waals surface area contributed by atoms with Crippen molar-refractivity contribution in [2.24, 2.45) is 4.40 Å². The van der Waals surface area contributed by atoms with E-state index in [1.807, 2.05) is 0 Å². The van der Waals surface area contributed by atoms with Gasteiger partial charge in [0.2, 0.25) is 11.8 Å². The van der Waals surface area contributed by atoms with Gasteiger partial charge in [-0.05, 0) is 18.2 Å². The Bertz CT molecular complexity index is 882. The SMILES string of the molecule is CC(=O)NCCNC(=O)CCC1=NS(=O)(=O)c2ccc(C(F)(F)F)cc2N1. The van der Waals surface area contributed by atoms with Gasteiger partial charge in [-0.3, -0.25) is 9.59 Å². The molecule has 0 saturated carbocycles. The monoisotopic (exact) mass is 406 g/mol. The van der Waals surface area contributed by atoms with E-state index in [0.29, 0.717) is 12.1 Å². The van der Waals surface area contributed by atoms with Gasteiger partial charge in [-0.15, -0.1) is 4.40 Å². The number of halogens is 3. The van der Waals surface area contributed by atoms with Crippen molar-refractivity contribution in [1.29, 1.82) is 0 Å². The van der Waals surface area contributed by atoms with E-state index in [-0.39, 0.29) is 48.3 Å². The predicted molar refractivity (Wildman–Crippen MR) is 90.6 cm³/mol. The van der Waals surface area contributed by atoms with Crippen LogP contribution in [0.2, 0.25) is 0 Å². The first-order valence-corrected chi connectivity index (χ1v) is 9.26. The van der Waals surface area contributed by atoms with Crippen LogP contribution in [-0.4, -0.2) is 39.2 Å². The summed E-state index contributed by atoms with van der Waals surface area (Å²) in [7, 11) is -4.15. The Morgan fingerprint density at radius 3 is 2.48 bits per heavy atom. The number of anilines is 1. The topological polar surface area (TPSA) is 117 Å². The number of carbonyl (C=O) groups is 2. The highest BCUT2D eigenvalue weighted by Crippen LogP contribution is 2.35. The van der Waals surface area contributed by atoms with Gasteiger partial charge in [0, 0.05) is 32.9 Å². The highest BCUT2D eigenvalue weighted by atomic mass is 32.2. The second-order valence-electron chi connectivity index (χ2n) is 5.68. The number of rotatable bonds is 6. The molecule has 12 heteroatoms. The molecule has 1 aliphatic heterocycles. The van der Waals surface area contributed by atoms with Gasteiger partial charge in [0.05, 0.1) is 11.3 Å². The van der Waals surface area contributed by atoms with Crippen molar-refractivity contribution < 1.29 is 31.2 Å². The van der Waals surface area contributed by atoms with Crippen LogP contribution in [0.1, 0.15) is 25.3 Å². The lowest BCUT2D eigenvalue weighted by atomic mass is 10.2. The molecule has 1 heterocycles. The van der Waals surface area contributed by atoms with Crippen LogP contribution < -0.4 is 16.0 Å². The molecule has 8 nitrogen and oxygen atoms in total. The minimum absolute atomic E-state index is 0.110. The van der Waals surface area contributed by atoms with Gasteiger partial charge in [-0.1, -0.05) is 0 Å². The largest absolute Gasteiger partial charge is 0.416 e. The van der Waals surface area contributed by atoms with E-state index >= 15 is 0 Å². The van der Waals surface area contributed by atoms with E-state index in [2.05, 4.69) is 20.3 Å². The van der Waals surface area contributed by atoms with Crippen LogP contribution in [0.25, 0.3) is 0 Å². The molecular weight excluding hydrogens is 389 g/mol. The summed E-state index contributed by atoms with van der Waals surface area (Å²) in [4.78, 5) is 22.0. The molecule has 1 aromatic rings. The van der Waals surface area contributed by atoms with Crippen LogP contribution >= 0.6 is 0 Å². The maximum Gasteiger partial charge on any atom is 0.416 e. The smallest absolute Gasteiger partial charge is 0.355 e. The number of sulfonamides is 1. The van der Waals surface area contributed by atoms with E-state index in [4.69, 9.17) is 0 Å². The fraction of sp³-hybridized carbons (Fsp3) is 0.400. The van der Waals surface area contributed by atoms with Gasteiger partial charge in [-0.25, -0.2) is 0 Å². The van der Waals surface area contributed by atoms with Gasteiger partial charge < -0.3 is 16.0 Å². The third kappa shape index (κ3) is 5.67. The first kappa shape index (κ1) is 20.7. The molecule has 1 aromatic carbocycles. The highest BCUT2D eigenvalue weighted by molar-refractivity contribution is 7.90. The number of amidine groups is 1. The van der Waals surface area contributed by atoms with E-state index in [9.17, 15) is 31.2 Å². The van der Waals surface area contributed by atoms with Gasteiger partial charge in [0.25, 0.3) is 10.0 Å². The zero-order valence-electron chi connectivity index (χ0n) is 14.2. The molecule has 2 rings (SSSR count). The summed E-state index contributed by atoms with van der Waals surface area (Å²) in [5, 5.41) is 7.53. The Hall–Kier alpha value is -2.63. The molecule has 0 aliphatic carbocycles. The van der Waals surface area contributed by atoms with E-state index < -0.39 is 27.7 Å². The average molecular weight is 406 g/mol. The summed E-state index contributed by atoms with van der Waals surface area (Å²) in [5.41, 5.74) is -1.23. The number of hydrogen-bond acceptors (Lipinski definition) is 5. The Labute approximate surface area is 153 Å². The second kappa shape index (κ2) is 7.94. The number of carbonyl (C=O) groups excluding carboxylic acids is 2. The molecule has 27 heavy (non-hydrogen) atoms. The number of hydrogen-bond donors (Lipinski definition) is 3. The molecule has 1 aliphatic rings. The summed E-state index contributed by atoms with van der Waals surface area (Å²) >= 11 is 0. The maximum absolute atomic E-state index is 12.8. The standard InChI is InChI=1S/C15H17F3N4O4S/c1-9(23)19-6-7-20-14(24)5-4-13-21-11-8-10(15(16,17)18)2-3-12(11)27(25,26)22-13/h2-3,8H,4-7H2,1H3,(H,19,23)(H,20,24)(H,21,22). The van der Waals surface area contributed by atoms with Crippen LogP contribution in [0.5, 0.6) is 0 Å². The first-order chi connectivity index (χ1) is 12.5. The van der Waals surface area contributed by atoms with E-state index in [0.717, 1.165) is 6.07 Å². The zero-order chi connectivity index (χ0) is 20.2. The fourth-order valence-electron chi connectivity index (χ4n) is 2.27. The van der Waals surface area contributed by atoms with Crippen LogP contribution in [0, 0.1) is 0 Å². The van der Waals surface area contributed by atoms with Crippen molar-refractivity contribution in [3.8, 4) is 0 Å². The number of fused-ring (bicyclic) bond motifs is 1. The second-order valence-corrected chi connectivity index (χ2v) is 7.25. The van der Waals surface area contributed by atoms with Crippen molar-refractivity contribution in [1.82, 2.24) is 10.6 Å². The lowest BCUT2D eigenvalue weighted by molar-refractivity contribution is -0.137. The number of amides is 2. The number of nitrogens with one attached hydrogen (secondary N) is 3. The van der Waals surface area contributed by atoms with Gasteiger partial charge in [0.1, 0.15) is 10.7 Å². The van der Waals surface area contributed by atoms with Crippen molar-refractivity contribution in [2.45, 2.75) is 30.8 Å². The maximum atomic E-state index is 12.8. The summed E-state index contributed by atoms with van der Waals surface area (Å²) < 4.78 is 66.2. The number of nitrogens with zero attached hydrogens (tertiary/aromatic N) is 1. The molecular formula is C15H17F3N4O4S. The van der Waals surface area contributed by atoms with Crippen LogP contribution in [0.3, 0.4) is 0 Å². The van der Waals surface area contributed by atoms with E-state index in [1.54, 1.807) is 0 Å². The molecule has 148 valence electrons. The Morgan fingerprint density at radius 2 is 1.85 bits per heavy atom. The van der Waals surface area contributed by atoms with Crippen molar-refractivity contribution >= 4 is 33.4 Å². The number of benzene rings is 1. The highest BCUT2D eigenvalue weighted by Gasteiger charge is 2.33. The summed E-state index contributed by atoms with van der Waals surface area (Å²) in [6.45, 7) is 1.76. The Kier molecular flexibility index (Phi) is 6.08. The quantitative estimate of drug-likeness (QED) is 0.615. The molecule has 0 fully saturated rings. The summed E-state index contributed by atoms with van der Waals surface area (Å²) in [6, 6.07) is 2.20. The predicted octanol–water partition coefficient (Wildman–Crippen LogP) is 1.25. The van der Waals surface area contributed by atoms with Crippen molar-refractivity contribution in [2.75, 3.05) is 18.4 Å². The van der Waals surface area contributed by atoms with Gasteiger partial charge in [0.15, 0.2) is 0 Å². The Balaban J connectivity index is 2.01. The van der Waals surface area contributed by atoms with Gasteiger partial charge in [-0.2, -0.15) is 21.6 Å². The molecule has 0 atom stereocenters. The normalized spacial score (nSPS) is 15.2. The van der Waals surface area contributed by atoms with Crippen LogP contribution in [-0.2, 0) is 25.8 Å². The zero-order valence-corrected chi connectivity index (χ0v) is 15.0. The van der Waals surface area contributed by atoms with Crippen LogP contribution in [0.4, 0.5) is 18.9 Å². The minimum atomic E-state index is -4.62. The van der Waals surface area contributed by atoms with Crippen molar-refractivity contribution in [3.05, 3.63) is 23.8 Å². The number of alkyl halides is 3. The average Bonchev–Trinajstić information content (AvgIpc) is 2.55. The molecule has 0 spiro atoms. The third-order valence-electron chi connectivity index (χ3n) is 3.50. The lowest BCUT2D eigenvalue weighted by Gasteiger charge is -2.19. The molecule has 3 N–H and O–H groups in total. The molecule has 0 aromatic heterocycles. The molecule has 0 saturated heterocycles. The fourth-order valence-corrected chi connectivity index (χ4v) is 3.42. The van der Waals surface area contributed by atoms with Gasteiger partial charge >= 0.3 is 6.18 Å². The molecule has 0 bridgehead atoms. The lowest BCUT2D eigenvalue weighted by Crippen LogP contribution is -2.34. The Morgan fingerprint density at radius 1 is 1.19 bits per heavy atom. The first-order valence-electron chi connectivity index (χ1n) is 7.82.